The molecule has 0 aliphatic heterocycles. The third-order valence-corrected chi connectivity index (χ3v) is 6.47. The van der Waals surface area contributed by atoms with Crippen LogP contribution in [0.5, 0.6) is 0 Å². The van der Waals surface area contributed by atoms with Crippen LogP contribution >= 0.6 is 0 Å². The molecule has 3 aromatic rings. The van der Waals surface area contributed by atoms with E-state index in [-0.39, 0.29) is 11.5 Å². The van der Waals surface area contributed by atoms with E-state index in [4.69, 9.17) is 0 Å². The number of para-hydroxylation sites is 1. The molecule has 0 fully saturated rings. The molecule has 144 valence electrons. The third kappa shape index (κ3) is 3.71. The number of nitrogens with one attached hydrogen (secondary N) is 1. The molecular weight excluding hydrogens is 362 g/mol. The van der Waals surface area contributed by atoms with Crippen LogP contribution in [0.4, 0.5) is 5.69 Å². The summed E-state index contributed by atoms with van der Waals surface area (Å²) in [4.78, 5) is 5.66. The first-order chi connectivity index (χ1) is 12.9. The zero-order valence-electron chi connectivity index (χ0n) is 15.8. The number of aliphatic hydroxyl groups is 1. The SMILES string of the molecule is CCN(CCO)c1ccc(S(=O)(=O)N(C)C)cc1-c1cc2ccccc2[nH]1. The fourth-order valence-corrected chi connectivity index (χ4v) is 4.09. The lowest BCUT2D eigenvalue weighted by Gasteiger charge is -2.25. The molecule has 27 heavy (non-hydrogen) atoms. The Hall–Kier alpha value is -2.35. The third-order valence-electron chi connectivity index (χ3n) is 4.66. The van der Waals surface area contributed by atoms with Gasteiger partial charge in [0.2, 0.25) is 10.0 Å². The monoisotopic (exact) mass is 387 g/mol. The topological polar surface area (TPSA) is 76.6 Å². The van der Waals surface area contributed by atoms with Crippen molar-refractivity contribution in [3.8, 4) is 11.3 Å². The number of anilines is 1. The fraction of sp³-hybridized carbons (Fsp3) is 0.300. The van der Waals surface area contributed by atoms with Gasteiger partial charge in [-0.3, -0.25) is 0 Å². The van der Waals surface area contributed by atoms with E-state index in [1.807, 2.05) is 48.2 Å². The van der Waals surface area contributed by atoms with Gasteiger partial charge in [-0.25, -0.2) is 12.7 Å². The second-order valence-electron chi connectivity index (χ2n) is 6.54. The number of aliphatic hydroxyl groups excluding tert-OH is 1. The van der Waals surface area contributed by atoms with Crippen LogP contribution in [-0.2, 0) is 10.0 Å². The van der Waals surface area contributed by atoms with Gasteiger partial charge < -0.3 is 15.0 Å². The lowest BCUT2D eigenvalue weighted by atomic mass is 10.1. The lowest BCUT2D eigenvalue weighted by Crippen LogP contribution is -2.27. The molecule has 0 unspecified atom stereocenters. The van der Waals surface area contributed by atoms with Gasteiger partial charge in [-0.05, 0) is 37.3 Å². The summed E-state index contributed by atoms with van der Waals surface area (Å²) in [6.45, 7) is 3.21. The highest BCUT2D eigenvalue weighted by molar-refractivity contribution is 7.89. The number of nitrogens with zero attached hydrogens (tertiary/aromatic N) is 2. The largest absolute Gasteiger partial charge is 0.395 e. The second-order valence-corrected chi connectivity index (χ2v) is 8.69. The Morgan fingerprint density at radius 3 is 2.44 bits per heavy atom. The molecule has 0 saturated carbocycles. The highest BCUT2D eigenvalue weighted by Gasteiger charge is 2.21. The molecular formula is C20H25N3O3S. The maximum absolute atomic E-state index is 12.6. The van der Waals surface area contributed by atoms with Crippen molar-refractivity contribution < 1.29 is 13.5 Å². The van der Waals surface area contributed by atoms with E-state index in [0.717, 1.165) is 27.8 Å². The highest BCUT2D eigenvalue weighted by atomic mass is 32.2. The van der Waals surface area contributed by atoms with E-state index in [9.17, 15) is 13.5 Å². The Morgan fingerprint density at radius 1 is 1.07 bits per heavy atom. The zero-order valence-corrected chi connectivity index (χ0v) is 16.6. The smallest absolute Gasteiger partial charge is 0.242 e. The van der Waals surface area contributed by atoms with Gasteiger partial charge in [-0.2, -0.15) is 0 Å². The average Bonchev–Trinajstić information content (AvgIpc) is 3.09. The summed E-state index contributed by atoms with van der Waals surface area (Å²) in [6, 6.07) is 15.1. The van der Waals surface area contributed by atoms with Gasteiger partial charge in [0.25, 0.3) is 0 Å². The van der Waals surface area contributed by atoms with E-state index in [2.05, 4.69) is 4.98 Å². The summed E-state index contributed by atoms with van der Waals surface area (Å²) in [5.41, 5.74) is 3.52. The van der Waals surface area contributed by atoms with Gasteiger partial charge in [0, 0.05) is 55.0 Å². The quantitative estimate of drug-likeness (QED) is 0.654. The minimum Gasteiger partial charge on any atom is -0.395 e. The van der Waals surface area contributed by atoms with E-state index in [1.165, 1.54) is 18.4 Å². The Bertz CT molecular complexity index is 1010. The lowest BCUT2D eigenvalue weighted by molar-refractivity contribution is 0.302. The van der Waals surface area contributed by atoms with Crippen molar-refractivity contribution in [1.29, 1.82) is 0 Å². The first-order valence-corrected chi connectivity index (χ1v) is 10.3. The maximum Gasteiger partial charge on any atom is 0.242 e. The molecule has 0 aliphatic rings. The van der Waals surface area contributed by atoms with Crippen molar-refractivity contribution in [2.24, 2.45) is 0 Å². The molecule has 6 nitrogen and oxygen atoms in total. The van der Waals surface area contributed by atoms with E-state index in [1.54, 1.807) is 12.1 Å². The fourth-order valence-electron chi connectivity index (χ4n) is 3.17. The molecule has 0 atom stereocenters. The molecule has 0 radical (unpaired) electrons. The van der Waals surface area contributed by atoms with Crippen LogP contribution in [0, 0.1) is 0 Å². The predicted octanol–water partition coefficient (Wildman–Crippen LogP) is 2.90. The van der Waals surface area contributed by atoms with Crippen LogP contribution in [-0.4, -0.2) is 56.6 Å². The van der Waals surface area contributed by atoms with Gasteiger partial charge in [-0.15, -0.1) is 0 Å². The normalized spacial score (nSPS) is 12.0. The molecule has 0 spiro atoms. The number of sulfonamides is 1. The van der Waals surface area contributed by atoms with E-state index < -0.39 is 10.0 Å². The highest BCUT2D eigenvalue weighted by Crippen LogP contribution is 2.35. The standard InChI is InChI=1S/C20H25N3O3S/c1-4-23(11-12-24)20-10-9-16(27(25,26)22(2)3)14-17(20)19-13-15-7-5-6-8-18(15)21-19/h5-10,13-14,21,24H,4,11-12H2,1-3H3. The zero-order chi connectivity index (χ0) is 19.6. The Labute approximate surface area is 160 Å². The first-order valence-electron chi connectivity index (χ1n) is 8.89. The van der Waals surface area contributed by atoms with E-state index in [0.29, 0.717) is 13.1 Å². The van der Waals surface area contributed by atoms with Gasteiger partial charge in [0.05, 0.1) is 11.5 Å². The number of benzene rings is 2. The van der Waals surface area contributed by atoms with Gasteiger partial charge in [0.1, 0.15) is 0 Å². The summed E-state index contributed by atoms with van der Waals surface area (Å²) >= 11 is 0. The van der Waals surface area contributed by atoms with E-state index >= 15 is 0 Å². The van der Waals surface area contributed by atoms with Crippen LogP contribution in [0.15, 0.2) is 53.4 Å². The molecule has 0 saturated heterocycles. The first kappa shape index (κ1) is 19.4. The van der Waals surface area contributed by atoms with Crippen LogP contribution in [0.25, 0.3) is 22.2 Å². The van der Waals surface area contributed by atoms with Crippen LogP contribution < -0.4 is 4.90 Å². The minimum absolute atomic E-state index is 0.0255. The summed E-state index contributed by atoms with van der Waals surface area (Å²) in [5, 5.41) is 10.5. The summed E-state index contributed by atoms with van der Waals surface area (Å²) < 4.78 is 26.5. The van der Waals surface area contributed by atoms with Crippen molar-refractivity contribution >= 4 is 26.6 Å². The number of likely N-dealkylation sites (N-methyl/N-ethyl adjacent to an activating group) is 1. The molecule has 7 heteroatoms. The number of aromatic amines is 1. The molecule has 2 N–H and O–H groups in total. The summed E-state index contributed by atoms with van der Waals surface area (Å²) in [5.74, 6) is 0. The molecule has 0 bridgehead atoms. The summed E-state index contributed by atoms with van der Waals surface area (Å²) in [6.07, 6.45) is 0. The Kier molecular flexibility index (Phi) is 5.55. The number of hydrogen-bond acceptors (Lipinski definition) is 4. The minimum atomic E-state index is -3.55. The van der Waals surface area contributed by atoms with Crippen molar-refractivity contribution in [3.05, 3.63) is 48.5 Å². The van der Waals surface area contributed by atoms with Gasteiger partial charge >= 0.3 is 0 Å². The summed E-state index contributed by atoms with van der Waals surface area (Å²) in [7, 11) is -0.500. The maximum atomic E-state index is 12.6. The number of fused-ring (bicyclic) bond motifs is 1. The van der Waals surface area contributed by atoms with Gasteiger partial charge in [0.15, 0.2) is 0 Å². The van der Waals surface area contributed by atoms with Crippen molar-refractivity contribution in [2.45, 2.75) is 11.8 Å². The van der Waals surface area contributed by atoms with Gasteiger partial charge in [-0.1, -0.05) is 18.2 Å². The number of aromatic nitrogens is 1. The molecule has 3 rings (SSSR count). The van der Waals surface area contributed by atoms with Crippen molar-refractivity contribution in [2.75, 3.05) is 38.7 Å². The molecule has 1 aromatic heterocycles. The average molecular weight is 388 g/mol. The number of hydrogen-bond donors (Lipinski definition) is 2. The predicted molar refractivity (Wildman–Crippen MR) is 110 cm³/mol. The molecule has 1 heterocycles. The molecule has 2 aromatic carbocycles. The second kappa shape index (κ2) is 7.72. The molecule has 0 aliphatic carbocycles. The Morgan fingerprint density at radius 2 is 1.81 bits per heavy atom. The van der Waals surface area contributed by atoms with Crippen molar-refractivity contribution in [3.63, 3.8) is 0 Å². The van der Waals surface area contributed by atoms with Crippen LogP contribution in [0.2, 0.25) is 0 Å². The van der Waals surface area contributed by atoms with Crippen LogP contribution in [0.1, 0.15) is 6.92 Å². The molecule has 0 amide bonds. The number of rotatable bonds is 7. The number of H-pyrrole nitrogens is 1. The van der Waals surface area contributed by atoms with Crippen LogP contribution in [0.3, 0.4) is 0 Å². The Balaban J connectivity index is 2.23. The van der Waals surface area contributed by atoms with Crippen molar-refractivity contribution in [1.82, 2.24) is 9.29 Å².